The van der Waals surface area contributed by atoms with E-state index < -0.39 is 6.10 Å². The maximum atomic E-state index is 13.2. The fourth-order valence-corrected chi connectivity index (χ4v) is 4.04. The molecule has 0 bridgehead atoms. The Morgan fingerprint density at radius 2 is 2.03 bits per heavy atom. The molecule has 0 unspecified atom stereocenters. The Labute approximate surface area is 185 Å². The van der Waals surface area contributed by atoms with Crippen LogP contribution in [0.3, 0.4) is 0 Å². The van der Waals surface area contributed by atoms with Gasteiger partial charge < -0.3 is 18.7 Å². The van der Waals surface area contributed by atoms with Crippen molar-refractivity contribution in [2.75, 3.05) is 19.7 Å². The van der Waals surface area contributed by atoms with Gasteiger partial charge in [-0.05, 0) is 44.5 Å². The number of aromatic nitrogens is 4. The van der Waals surface area contributed by atoms with Crippen molar-refractivity contribution in [3.8, 4) is 11.4 Å². The lowest BCUT2D eigenvalue weighted by Crippen LogP contribution is -2.42. The van der Waals surface area contributed by atoms with Gasteiger partial charge in [-0.15, -0.1) is 0 Å². The van der Waals surface area contributed by atoms with Crippen LogP contribution in [0.2, 0.25) is 0 Å². The van der Waals surface area contributed by atoms with Gasteiger partial charge in [-0.2, -0.15) is 4.98 Å². The molecule has 1 aliphatic rings. The average Bonchev–Trinajstić information content (AvgIpc) is 3.46. The maximum Gasteiger partial charge on any atom is 0.257 e. The molecule has 1 aliphatic heterocycles. The molecule has 3 heterocycles. The van der Waals surface area contributed by atoms with E-state index in [9.17, 15) is 4.79 Å². The number of aryl methyl sites for hydroxylation is 1. The number of carbonyl (C=O) groups excluding carboxylic acids is 1. The molecule has 8 nitrogen and oxygen atoms in total. The van der Waals surface area contributed by atoms with Crippen LogP contribution < -0.4 is 0 Å². The first kappa shape index (κ1) is 20.4. The van der Waals surface area contributed by atoms with Gasteiger partial charge in [-0.1, -0.05) is 29.4 Å². The molecule has 0 N–H and O–H groups in total. The molecule has 1 atom stereocenters. The summed E-state index contributed by atoms with van der Waals surface area (Å²) in [7, 11) is 0. The molecule has 164 valence electrons. The van der Waals surface area contributed by atoms with Gasteiger partial charge in [0.15, 0.2) is 6.10 Å². The van der Waals surface area contributed by atoms with Crippen molar-refractivity contribution in [2.45, 2.75) is 32.9 Å². The van der Waals surface area contributed by atoms with Crippen molar-refractivity contribution in [2.24, 2.45) is 0 Å². The molecule has 1 amide bonds. The SMILES string of the molecule is Cc1ccccc1-c1noc([C@@H]2CN(C(=O)c3ccc4c(c3)ncn4C(C)C)CCO2)n1. The number of ether oxygens (including phenoxy) is 1. The zero-order valence-corrected chi connectivity index (χ0v) is 18.4. The topological polar surface area (TPSA) is 86.3 Å². The van der Waals surface area contributed by atoms with Crippen LogP contribution >= 0.6 is 0 Å². The van der Waals surface area contributed by atoms with Crippen molar-refractivity contribution in [3.63, 3.8) is 0 Å². The number of imidazole rings is 1. The quantitative estimate of drug-likeness (QED) is 0.482. The smallest absolute Gasteiger partial charge is 0.257 e. The van der Waals surface area contributed by atoms with E-state index in [2.05, 4.69) is 33.5 Å². The zero-order chi connectivity index (χ0) is 22.2. The largest absolute Gasteiger partial charge is 0.365 e. The standard InChI is InChI=1S/C24H25N5O3/c1-15(2)29-14-25-19-12-17(8-9-20(19)29)24(30)28-10-11-31-21(13-28)23-26-22(27-32-23)18-7-5-4-6-16(18)3/h4-9,12,14-15,21H,10-11,13H2,1-3H3/t21-/m0/s1. The van der Waals surface area contributed by atoms with Crippen LogP contribution in [0, 0.1) is 6.92 Å². The normalized spacial score (nSPS) is 16.8. The van der Waals surface area contributed by atoms with E-state index in [1.165, 1.54) is 0 Å². The third-order valence-corrected chi connectivity index (χ3v) is 5.83. The summed E-state index contributed by atoms with van der Waals surface area (Å²) in [5.41, 5.74) is 4.43. The van der Waals surface area contributed by atoms with E-state index in [1.807, 2.05) is 55.7 Å². The van der Waals surface area contributed by atoms with Crippen LogP contribution in [0.4, 0.5) is 0 Å². The fraction of sp³-hybridized carbons (Fsp3) is 0.333. The summed E-state index contributed by atoms with van der Waals surface area (Å²) in [6, 6.07) is 13.8. The van der Waals surface area contributed by atoms with Gasteiger partial charge in [0.2, 0.25) is 5.82 Å². The summed E-state index contributed by atoms with van der Waals surface area (Å²) in [5.74, 6) is 0.848. The van der Waals surface area contributed by atoms with Gasteiger partial charge in [0.1, 0.15) is 0 Å². The van der Waals surface area contributed by atoms with Gasteiger partial charge in [-0.25, -0.2) is 4.98 Å². The highest BCUT2D eigenvalue weighted by atomic mass is 16.5. The number of carbonyl (C=O) groups is 1. The van der Waals surface area contributed by atoms with Crippen LogP contribution in [-0.4, -0.2) is 50.2 Å². The monoisotopic (exact) mass is 431 g/mol. The second kappa shape index (κ2) is 8.20. The molecule has 2 aromatic heterocycles. The number of morpholine rings is 1. The van der Waals surface area contributed by atoms with Crippen LogP contribution in [0.5, 0.6) is 0 Å². The van der Waals surface area contributed by atoms with Crippen LogP contribution in [0.15, 0.2) is 53.3 Å². The minimum atomic E-state index is -0.457. The molecule has 0 saturated carbocycles. The Morgan fingerprint density at radius 1 is 1.19 bits per heavy atom. The average molecular weight is 431 g/mol. The second-order valence-electron chi connectivity index (χ2n) is 8.33. The lowest BCUT2D eigenvalue weighted by atomic mass is 10.1. The first-order chi connectivity index (χ1) is 15.5. The molecular formula is C24H25N5O3. The van der Waals surface area contributed by atoms with E-state index in [0.717, 1.165) is 22.2 Å². The molecule has 4 aromatic rings. The Balaban J connectivity index is 1.34. The van der Waals surface area contributed by atoms with E-state index in [4.69, 9.17) is 9.26 Å². The lowest BCUT2D eigenvalue weighted by molar-refractivity contribution is -0.0367. The summed E-state index contributed by atoms with van der Waals surface area (Å²) in [4.78, 5) is 24.0. The number of rotatable bonds is 4. The second-order valence-corrected chi connectivity index (χ2v) is 8.33. The van der Waals surface area contributed by atoms with Gasteiger partial charge in [0.05, 0.1) is 30.5 Å². The van der Waals surface area contributed by atoms with Gasteiger partial charge in [0.25, 0.3) is 11.8 Å². The Morgan fingerprint density at radius 3 is 2.84 bits per heavy atom. The van der Waals surface area contributed by atoms with E-state index in [1.54, 1.807) is 4.90 Å². The summed E-state index contributed by atoms with van der Waals surface area (Å²) in [5, 5.41) is 4.12. The third kappa shape index (κ3) is 3.67. The van der Waals surface area contributed by atoms with Crippen molar-refractivity contribution >= 4 is 16.9 Å². The number of amides is 1. The summed E-state index contributed by atoms with van der Waals surface area (Å²) >= 11 is 0. The molecular weight excluding hydrogens is 406 g/mol. The molecule has 0 radical (unpaired) electrons. The fourth-order valence-electron chi connectivity index (χ4n) is 4.04. The van der Waals surface area contributed by atoms with Crippen molar-refractivity contribution in [3.05, 3.63) is 65.8 Å². The molecule has 0 spiro atoms. The van der Waals surface area contributed by atoms with E-state index >= 15 is 0 Å². The van der Waals surface area contributed by atoms with E-state index in [-0.39, 0.29) is 5.91 Å². The Hall–Kier alpha value is -3.52. The first-order valence-corrected chi connectivity index (χ1v) is 10.8. The molecule has 0 aliphatic carbocycles. The minimum Gasteiger partial charge on any atom is -0.365 e. The minimum absolute atomic E-state index is 0.0575. The van der Waals surface area contributed by atoms with Gasteiger partial charge >= 0.3 is 0 Å². The molecule has 32 heavy (non-hydrogen) atoms. The van der Waals surface area contributed by atoms with Crippen LogP contribution in [0.1, 0.15) is 47.8 Å². The van der Waals surface area contributed by atoms with Crippen molar-refractivity contribution in [1.82, 2.24) is 24.6 Å². The predicted molar refractivity (Wildman–Crippen MR) is 119 cm³/mol. The van der Waals surface area contributed by atoms with Crippen LogP contribution in [-0.2, 0) is 4.74 Å². The highest BCUT2D eigenvalue weighted by Crippen LogP contribution is 2.27. The molecule has 8 heteroatoms. The maximum absolute atomic E-state index is 13.2. The Bertz CT molecular complexity index is 1280. The zero-order valence-electron chi connectivity index (χ0n) is 18.4. The molecule has 1 saturated heterocycles. The number of hydrogen-bond donors (Lipinski definition) is 0. The molecule has 2 aromatic carbocycles. The van der Waals surface area contributed by atoms with Gasteiger partial charge in [-0.3, -0.25) is 4.79 Å². The summed E-state index contributed by atoms with van der Waals surface area (Å²) in [6.07, 6.45) is 1.36. The number of hydrogen-bond acceptors (Lipinski definition) is 6. The highest BCUT2D eigenvalue weighted by Gasteiger charge is 2.30. The van der Waals surface area contributed by atoms with Gasteiger partial charge in [0, 0.05) is 23.7 Å². The molecule has 1 fully saturated rings. The van der Waals surface area contributed by atoms with Crippen LogP contribution in [0.25, 0.3) is 22.4 Å². The Kier molecular flexibility index (Phi) is 5.22. The third-order valence-electron chi connectivity index (χ3n) is 5.83. The van der Waals surface area contributed by atoms with Crippen molar-refractivity contribution in [1.29, 1.82) is 0 Å². The van der Waals surface area contributed by atoms with E-state index in [0.29, 0.717) is 43.0 Å². The van der Waals surface area contributed by atoms with Crippen molar-refractivity contribution < 1.29 is 14.1 Å². The first-order valence-electron chi connectivity index (χ1n) is 10.8. The number of benzene rings is 2. The highest BCUT2D eigenvalue weighted by molar-refractivity contribution is 5.97. The number of nitrogens with zero attached hydrogens (tertiary/aromatic N) is 5. The number of fused-ring (bicyclic) bond motifs is 1. The summed E-state index contributed by atoms with van der Waals surface area (Å²) in [6.45, 7) is 7.48. The predicted octanol–water partition coefficient (Wildman–Crippen LogP) is 4.19. The lowest BCUT2D eigenvalue weighted by Gasteiger charge is -2.31. The molecule has 5 rings (SSSR count). The summed E-state index contributed by atoms with van der Waals surface area (Å²) < 4.78 is 13.4.